The number of carboxylic acid groups (broad SMARTS) is 1. The zero-order chi connectivity index (χ0) is 24.9. The molecule has 3 aromatic rings. The molecule has 8 heteroatoms. The van der Waals surface area contributed by atoms with Gasteiger partial charge in [0.25, 0.3) is 0 Å². The maximum Gasteiger partial charge on any atom is 0.305 e. The number of carboxylic acids is 1. The highest BCUT2D eigenvalue weighted by Crippen LogP contribution is 2.45. The lowest BCUT2D eigenvalue weighted by atomic mass is 9.92. The molecule has 178 valence electrons. The number of halogens is 1. The molecule has 2 atom stereocenters. The van der Waals surface area contributed by atoms with Crippen LogP contribution in [0.1, 0.15) is 37.3 Å². The van der Waals surface area contributed by atoms with Gasteiger partial charge in [0.1, 0.15) is 5.82 Å². The predicted molar refractivity (Wildman–Crippen MR) is 131 cm³/mol. The molecule has 0 spiro atoms. The van der Waals surface area contributed by atoms with Crippen LogP contribution in [0, 0.1) is 5.82 Å². The van der Waals surface area contributed by atoms with Gasteiger partial charge >= 0.3 is 5.97 Å². The molecule has 0 amide bonds. The van der Waals surface area contributed by atoms with Crippen LogP contribution >= 0.6 is 7.37 Å². The lowest BCUT2D eigenvalue weighted by Gasteiger charge is -2.18. The first-order valence-electron chi connectivity index (χ1n) is 10.8. The summed E-state index contributed by atoms with van der Waals surface area (Å²) in [4.78, 5) is 26.0. The van der Waals surface area contributed by atoms with Gasteiger partial charge in [-0.3, -0.25) is 9.36 Å². The molecule has 0 saturated heterocycles. The van der Waals surface area contributed by atoms with E-state index in [1.807, 2.05) is 50.2 Å². The molecule has 1 heterocycles. The monoisotopic (exact) mass is 483 g/mol. The first kappa shape index (κ1) is 25.5. The number of nitrogens with zero attached hydrogens (tertiary/aromatic N) is 1. The standard InChI is InChI=1S/C26H27FNO5P/c1-17(2)23-15-24(18-6-4-3-5-7-18)28-26(19-8-10-20(27)11-9-19)22(23)12-13-34(32,33)16-21(29)14-25(30)31/h3-13,15,17,21,29H,14,16H2,1-2H3,(H,30,31)(H,32,33)/b13-12+/t21-/m1/s1. The second kappa shape index (κ2) is 10.9. The SMILES string of the molecule is CC(C)c1cc(-c2ccccc2)nc(-c2ccc(F)cc2)c1/C=C/P(=O)(O)C[C@H](O)CC(=O)O. The van der Waals surface area contributed by atoms with Crippen molar-refractivity contribution in [2.45, 2.75) is 32.3 Å². The number of carbonyl (C=O) groups is 1. The zero-order valence-electron chi connectivity index (χ0n) is 18.9. The Morgan fingerprint density at radius 3 is 2.32 bits per heavy atom. The number of hydrogen-bond acceptors (Lipinski definition) is 4. The van der Waals surface area contributed by atoms with Crippen molar-refractivity contribution in [3.05, 3.63) is 83.4 Å². The summed E-state index contributed by atoms with van der Waals surface area (Å²) in [5, 5.41) is 18.6. The van der Waals surface area contributed by atoms with Crippen molar-refractivity contribution in [1.82, 2.24) is 4.98 Å². The predicted octanol–water partition coefficient (Wildman–Crippen LogP) is 5.75. The van der Waals surface area contributed by atoms with Gasteiger partial charge in [0.15, 0.2) is 0 Å². The van der Waals surface area contributed by atoms with E-state index in [4.69, 9.17) is 10.1 Å². The number of aliphatic hydroxyl groups is 1. The van der Waals surface area contributed by atoms with E-state index in [2.05, 4.69) is 0 Å². The largest absolute Gasteiger partial charge is 0.481 e. The molecule has 0 bridgehead atoms. The number of pyridine rings is 1. The van der Waals surface area contributed by atoms with Gasteiger partial charge in [-0.05, 0) is 47.9 Å². The topological polar surface area (TPSA) is 108 Å². The minimum atomic E-state index is -3.99. The molecule has 0 radical (unpaired) electrons. The maximum absolute atomic E-state index is 13.6. The van der Waals surface area contributed by atoms with Gasteiger partial charge in [0.2, 0.25) is 7.37 Å². The van der Waals surface area contributed by atoms with Crippen molar-refractivity contribution in [1.29, 1.82) is 0 Å². The van der Waals surface area contributed by atoms with Crippen LogP contribution in [0.2, 0.25) is 0 Å². The van der Waals surface area contributed by atoms with E-state index < -0.39 is 37.8 Å². The van der Waals surface area contributed by atoms with Gasteiger partial charge < -0.3 is 15.1 Å². The molecule has 0 aliphatic carbocycles. The molecule has 0 fully saturated rings. The Bertz CT molecular complexity index is 1230. The van der Waals surface area contributed by atoms with E-state index >= 15 is 0 Å². The Labute approximate surface area is 197 Å². The molecule has 0 aliphatic rings. The molecular formula is C26H27FNO5P. The summed E-state index contributed by atoms with van der Waals surface area (Å²) in [6.07, 6.45) is -1.15. The number of aromatic nitrogens is 1. The van der Waals surface area contributed by atoms with E-state index in [1.165, 1.54) is 18.2 Å². The molecule has 3 N–H and O–H groups in total. The molecule has 0 aliphatic heterocycles. The number of benzene rings is 2. The smallest absolute Gasteiger partial charge is 0.305 e. The minimum Gasteiger partial charge on any atom is -0.481 e. The normalized spacial score (nSPS) is 14.3. The first-order valence-corrected chi connectivity index (χ1v) is 12.7. The van der Waals surface area contributed by atoms with Crippen LogP contribution < -0.4 is 0 Å². The van der Waals surface area contributed by atoms with Crippen LogP contribution in [0.25, 0.3) is 28.6 Å². The Morgan fingerprint density at radius 1 is 1.09 bits per heavy atom. The molecule has 1 unspecified atom stereocenters. The van der Waals surface area contributed by atoms with E-state index in [-0.39, 0.29) is 5.92 Å². The summed E-state index contributed by atoms with van der Waals surface area (Å²) < 4.78 is 26.3. The molecule has 1 aromatic heterocycles. The van der Waals surface area contributed by atoms with E-state index in [9.17, 15) is 23.7 Å². The van der Waals surface area contributed by atoms with E-state index in [1.54, 1.807) is 12.1 Å². The van der Waals surface area contributed by atoms with Crippen molar-refractivity contribution in [2.24, 2.45) is 0 Å². The average Bonchev–Trinajstić information content (AvgIpc) is 2.77. The fourth-order valence-electron chi connectivity index (χ4n) is 3.63. The van der Waals surface area contributed by atoms with Gasteiger partial charge in [-0.1, -0.05) is 44.2 Å². The average molecular weight is 483 g/mol. The zero-order valence-corrected chi connectivity index (χ0v) is 19.8. The molecular weight excluding hydrogens is 456 g/mol. The second-order valence-electron chi connectivity index (χ2n) is 8.39. The fraction of sp³-hybridized carbons (Fsp3) is 0.231. The summed E-state index contributed by atoms with van der Waals surface area (Å²) in [6.45, 7) is 3.98. The lowest BCUT2D eigenvalue weighted by Crippen LogP contribution is -2.17. The highest BCUT2D eigenvalue weighted by atomic mass is 31.2. The van der Waals surface area contributed by atoms with Crippen LogP contribution in [0.3, 0.4) is 0 Å². The third-order valence-electron chi connectivity index (χ3n) is 5.26. The Balaban J connectivity index is 2.14. The quantitative estimate of drug-likeness (QED) is 0.334. The molecule has 0 saturated carbocycles. The van der Waals surface area contributed by atoms with E-state index in [0.717, 1.165) is 16.9 Å². The Hall–Kier alpha value is -3.12. The molecule has 3 rings (SSSR count). The van der Waals surface area contributed by atoms with Crippen LogP contribution in [0.15, 0.2) is 66.5 Å². The van der Waals surface area contributed by atoms with Gasteiger partial charge in [-0.2, -0.15) is 0 Å². The molecule has 6 nitrogen and oxygen atoms in total. The van der Waals surface area contributed by atoms with Gasteiger partial charge in [0.05, 0.1) is 30.1 Å². The van der Waals surface area contributed by atoms with Crippen molar-refractivity contribution in [3.63, 3.8) is 0 Å². The first-order chi connectivity index (χ1) is 16.1. The van der Waals surface area contributed by atoms with Crippen molar-refractivity contribution in [3.8, 4) is 22.5 Å². The second-order valence-corrected chi connectivity index (χ2v) is 10.6. The summed E-state index contributed by atoms with van der Waals surface area (Å²) in [7, 11) is -3.99. The fourth-order valence-corrected chi connectivity index (χ4v) is 4.87. The van der Waals surface area contributed by atoms with Crippen molar-refractivity contribution >= 4 is 19.4 Å². The number of rotatable bonds is 9. The van der Waals surface area contributed by atoms with Crippen LogP contribution in [0.4, 0.5) is 4.39 Å². The van der Waals surface area contributed by atoms with Gasteiger partial charge in [0, 0.05) is 22.5 Å². The Kier molecular flexibility index (Phi) is 8.15. The summed E-state index contributed by atoms with van der Waals surface area (Å²) >= 11 is 0. The Morgan fingerprint density at radius 2 is 1.74 bits per heavy atom. The summed E-state index contributed by atoms with van der Waals surface area (Å²) in [5.74, 6) is -0.509. The minimum absolute atomic E-state index is 0.0278. The maximum atomic E-state index is 13.6. The summed E-state index contributed by atoms with van der Waals surface area (Å²) in [6, 6.07) is 17.4. The van der Waals surface area contributed by atoms with Crippen molar-refractivity contribution in [2.75, 3.05) is 6.16 Å². The highest BCUT2D eigenvalue weighted by molar-refractivity contribution is 7.61. The lowest BCUT2D eigenvalue weighted by molar-refractivity contribution is -0.138. The summed E-state index contributed by atoms with van der Waals surface area (Å²) in [5.41, 5.74) is 4.24. The van der Waals surface area contributed by atoms with Crippen LogP contribution in [0.5, 0.6) is 0 Å². The van der Waals surface area contributed by atoms with Gasteiger partial charge in [-0.15, -0.1) is 0 Å². The highest BCUT2D eigenvalue weighted by Gasteiger charge is 2.23. The third kappa shape index (κ3) is 6.70. The van der Waals surface area contributed by atoms with Crippen LogP contribution in [-0.4, -0.2) is 38.3 Å². The van der Waals surface area contributed by atoms with Crippen LogP contribution in [-0.2, 0) is 9.36 Å². The number of hydrogen-bond donors (Lipinski definition) is 3. The van der Waals surface area contributed by atoms with Gasteiger partial charge in [-0.25, -0.2) is 9.37 Å². The number of aliphatic hydroxyl groups excluding tert-OH is 1. The molecule has 34 heavy (non-hydrogen) atoms. The van der Waals surface area contributed by atoms with Crippen molar-refractivity contribution < 1.29 is 28.9 Å². The third-order valence-corrected chi connectivity index (χ3v) is 6.82. The van der Waals surface area contributed by atoms with E-state index in [0.29, 0.717) is 22.5 Å². The number of aliphatic carboxylic acids is 1. The molecule has 2 aromatic carbocycles.